The normalized spacial score (nSPS) is 27.5. The Bertz CT molecular complexity index is 619. The summed E-state index contributed by atoms with van der Waals surface area (Å²) >= 11 is 0. The molecule has 2 unspecified atom stereocenters. The second-order valence-electron chi connectivity index (χ2n) is 6.89. The lowest BCUT2D eigenvalue weighted by molar-refractivity contribution is 0.338. The number of nitrogens with zero attached hydrogens (tertiary/aromatic N) is 1. The van der Waals surface area contributed by atoms with Crippen LogP contribution in [0.25, 0.3) is 0 Å². The van der Waals surface area contributed by atoms with Gasteiger partial charge in [-0.25, -0.2) is 8.42 Å². The van der Waals surface area contributed by atoms with E-state index in [2.05, 4.69) is 19.2 Å². The molecule has 0 amide bonds. The Labute approximate surface area is 134 Å². The second kappa shape index (κ2) is 5.95. The van der Waals surface area contributed by atoms with E-state index in [4.69, 9.17) is 0 Å². The zero-order valence-corrected chi connectivity index (χ0v) is 14.3. The van der Waals surface area contributed by atoms with E-state index in [-0.39, 0.29) is 5.41 Å². The molecule has 0 saturated carbocycles. The summed E-state index contributed by atoms with van der Waals surface area (Å²) < 4.78 is 27.3. The smallest absolute Gasteiger partial charge is 0.243 e. The van der Waals surface area contributed by atoms with Crippen molar-refractivity contribution in [3.63, 3.8) is 0 Å². The molecule has 22 heavy (non-hydrogen) atoms. The van der Waals surface area contributed by atoms with Crippen LogP contribution in [0, 0.1) is 5.41 Å². The van der Waals surface area contributed by atoms with E-state index in [1.54, 1.807) is 16.4 Å². The molecule has 2 aliphatic rings. The lowest BCUT2D eigenvalue weighted by Crippen LogP contribution is -2.33. The van der Waals surface area contributed by atoms with Gasteiger partial charge in [-0.2, -0.15) is 4.31 Å². The van der Waals surface area contributed by atoms with Crippen molar-refractivity contribution in [2.75, 3.05) is 26.2 Å². The fourth-order valence-corrected chi connectivity index (χ4v) is 5.15. The van der Waals surface area contributed by atoms with Crippen molar-refractivity contribution in [2.45, 2.75) is 43.9 Å². The van der Waals surface area contributed by atoms with Crippen molar-refractivity contribution in [3.05, 3.63) is 29.8 Å². The van der Waals surface area contributed by atoms with Gasteiger partial charge < -0.3 is 5.32 Å². The van der Waals surface area contributed by atoms with Gasteiger partial charge in [-0.05, 0) is 54.8 Å². The van der Waals surface area contributed by atoms with Crippen LogP contribution >= 0.6 is 0 Å². The van der Waals surface area contributed by atoms with Crippen molar-refractivity contribution in [1.29, 1.82) is 0 Å². The van der Waals surface area contributed by atoms with Gasteiger partial charge in [0.15, 0.2) is 0 Å². The van der Waals surface area contributed by atoms with Gasteiger partial charge >= 0.3 is 0 Å². The van der Waals surface area contributed by atoms with Crippen LogP contribution in [-0.4, -0.2) is 38.9 Å². The van der Waals surface area contributed by atoms with Gasteiger partial charge in [-0.1, -0.05) is 26.0 Å². The Morgan fingerprint density at radius 1 is 1.27 bits per heavy atom. The summed E-state index contributed by atoms with van der Waals surface area (Å²) in [6, 6.07) is 7.47. The van der Waals surface area contributed by atoms with Gasteiger partial charge in [-0.3, -0.25) is 0 Å². The van der Waals surface area contributed by atoms with Gasteiger partial charge in [0, 0.05) is 19.6 Å². The molecule has 2 aliphatic heterocycles. The summed E-state index contributed by atoms with van der Waals surface area (Å²) in [6.07, 6.45) is 3.13. The molecule has 122 valence electrons. The summed E-state index contributed by atoms with van der Waals surface area (Å²) in [5.41, 5.74) is 1.38. The third-order valence-electron chi connectivity index (χ3n) is 5.43. The van der Waals surface area contributed by atoms with Crippen molar-refractivity contribution in [2.24, 2.45) is 5.41 Å². The zero-order valence-electron chi connectivity index (χ0n) is 13.5. The fraction of sp³-hybridized carbons (Fsp3) is 0.647. The van der Waals surface area contributed by atoms with Gasteiger partial charge in [0.1, 0.15) is 0 Å². The maximum absolute atomic E-state index is 12.8. The molecule has 0 aromatic heterocycles. The minimum absolute atomic E-state index is 0.170. The van der Waals surface area contributed by atoms with E-state index < -0.39 is 10.0 Å². The fourth-order valence-electron chi connectivity index (χ4n) is 3.60. The predicted octanol–water partition coefficient (Wildman–Crippen LogP) is 2.57. The highest BCUT2D eigenvalue weighted by molar-refractivity contribution is 7.89. The molecule has 1 spiro atoms. The number of hydrogen-bond acceptors (Lipinski definition) is 3. The molecule has 2 fully saturated rings. The summed E-state index contributed by atoms with van der Waals surface area (Å²) in [7, 11) is -3.35. The molecular formula is C17H26N2O2S. The molecule has 0 bridgehead atoms. The molecule has 2 heterocycles. The van der Waals surface area contributed by atoms with E-state index in [1.807, 2.05) is 12.1 Å². The second-order valence-corrected chi connectivity index (χ2v) is 8.83. The van der Waals surface area contributed by atoms with Crippen LogP contribution in [0.4, 0.5) is 0 Å². The first-order valence-corrected chi connectivity index (χ1v) is 9.72. The van der Waals surface area contributed by atoms with Crippen LogP contribution in [0.1, 0.15) is 44.6 Å². The Kier molecular flexibility index (Phi) is 4.32. The summed E-state index contributed by atoms with van der Waals surface area (Å²) in [5, 5.41) is 3.37. The minimum atomic E-state index is -3.35. The molecule has 5 heteroatoms. The Balaban J connectivity index is 1.78. The minimum Gasteiger partial charge on any atom is -0.316 e. The number of hydrogen-bond donors (Lipinski definition) is 1. The first kappa shape index (κ1) is 16.0. The van der Waals surface area contributed by atoms with E-state index in [9.17, 15) is 8.42 Å². The van der Waals surface area contributed by atoms with Crippen LogP contribution in [-0.2, 0) is 10.0 Å². The first-order chi connectivity index (χ1) is 10.5. The molecule has 1 N–H and O–H groups in total. The monoisotopic (exact) mass is 322 g/mol. The number of rotatable bonds is 4. The molecular weight excluding hydrogens is 296 g/mol. The SMILES string of the molecule is CCC(C)c1ccc(S(=O)(=O)N2CCC3(CCNC3)C2)cc1. The highest BCUT2D eigenvalue weighted by atomic mass is 32.2. The summed E-state index contributed by atoms with van der Waals surface area (Å²) in [6.45, 7) is 7.59. The van der Waals surface area contributed by atoms with Crippen LogP contribution in [0.5, 0.6) is 0 Å². The van der Waals surface area contributed by atoms with E-state index in [1.165, 1.54) is 5.56 Å². The average Bonchev–Trinajstić information content (AvgIpc) is 3.17. The maximum Gasteiger partial charge on any atom is 0.243 e. The molecule has 0 radical (unpaired) electrons. The molecule has 3 rings (SSSR count). The van der Waals surface area contributed by atoms with Crippen molar-refractivity contribution >= 4 is 10.0 Å². The lowest BCUT2D eigenvalue weighted by Gasteiger charge is -2.22. The molecule has 2 atom stereocenters. The first-order valence-electron chi connectivity index (χ1n) is 8.28. The highest BCUT2D eigenvalue weighted by Crippen LogP contribution is 2.38. The molecule has 1 aromatic carbocycles. The molecule has 0 aliphatic carbocycles. The molecule has 2 saturated heterocycles. The van der Waals surface area contributed by atoms with Crippen LogP contribution in [0.2, 0.25) is 0 Å². The lowest BCUT2D eigenvalue weighted by atomic mass is 9.87. The highest BCUT2D eigenvalue weighted by Gasteiger charge is 2.44. The third-order valence-corrected chi connectivity index (χ3v) is 7.29. The van der Waals surface area contributed by atoms with Gasteiger partial charge in [0.2, 0.25) is 10.0 Å². The van der Waals surface area contributed by atoms with E-state index >= 15 is 0 Å². The van der Waals surface area contributed by atoms with Crippen LogP contribution in [0.3, 0.4) is 0 Å². The van der Waals surface area contributed by atoms with Gasteiger partial charge in [0.05, 0.1) is 4.90 Å². The van der Waals surface area contributed by atoms with Crippen LogP contribution < -0.4 is 5.32 Å². The van der Waals surface area contributed by atoms with Crippen molar-refractivity contribution < 1.29 is 8.42 Å². The number of nitrogens with one attached hydrogen (secondary N) is 1. The Morgan fingerprint density at radius 2 is 2.00 bits per heavy atom. The Morgan fingerprint density at radius 3 is 2.59 bits per heavy atom. The average molecular weight is 322 g/mol. The topological polar surface area (TPSA) is 49.4 Å². The third kappa shape index (κ3) is 2.82. The largest absolute Gasteiger partial charge is 0.316 e. The number of benzene rings is 1. The quantitative estimate of drug-likeness (QED) is 0.927. The van der Waals surface area contributed by atoms with Crippen molar-refractivity contribution in [1.82, 2.24) is 9.62 Å². The van der Waals surface area contributed by atoms with Crippen molar-refractivity contribution in [3.8, 4) is 0 Å². The summed E-state index contributed by atoms with van der Waals surface area (Å²) in [5.74, 6) is 0.469. The predicted molar refractivity (Wildman–Crippen MR) is 88.4 cm³/mol. The Hall–Kier alpha value is -0.910. The van der Waals surface area contributed by atoms with E-state index in [0.29, 0.717) is 23.9 Å². The zero-order chi connectivity index (χ0) is 15.8. The number of sulfonamides is 1. The molecule has 1 aromatic rings. The van der Waals surface area contributed by atoms with E-state index in [0.717, 1.165) is 32.4 Å². The van der Waals surface area contributed by atoms with Crippen LogP contribution in [0.15, 0.2) is 29.2 Å². The molecule has 4 nitrogen and oxygen atoms in total. The van der Waals surface area contributed by atoms with Gasteiger partial charge in [-0.15, -0.1) is 0 Å². The summed E-state index contributed by atoms with van der Waals surface area (Å²) in [4.78, 5) is 0.433. The van der Waals surface area contributed by atoms with Gasteiger partial charge in [0.25, 0.3) is 0 Å². The maximum atomic E-state index is 12.8. The standard InChI is InChI=1S/C17H26N2O2S/c1-3-14(2)15-4-6-16(7-5-15)22(20,21)19-11-9-17(13-19)8-10-18-12-17/h4-7,14,18H,3,8-13H2,1-2H3.